The molecule has 0 unspecified atom stereocenters. The second kappa shape index (κ2) is 5.59. The molecule has 0 bridgehead atoms. The number of hydrogen-bond acceptors (Lipinski definition) is 1. The maximum atomic E-state index is 13.4. The van der Waals surface area contributed by atoms with Crippen molar-refractivity contribution in [2.24, 2.45) is 0 Å². The number of benzene rings is 1. The highest BCUT2D eigenvalue weighted by atomic mass is 79.9. The minimum atomic E-state index is -0.201. The molecule has 1 aliphatic heterocycles. The maximum absolute atomic E-state index is 13.4. The van der Waals surface area contributed by atoms with E-state index in [9.17, 15) is 4.39 Å². The molecule has 0 saturated carbocycles. The predicted molar refractivity (Wildman–Crippen MR) is 78.0 cm³/mol. The second-order valence-electron chi connectivity index (χ2n) is 4.60. The molecule has 98 valence electrons. The Morgan fingerprint density at radius 1 is 1.17 bits per heavy atom. The summed E-state index contributed by atoms with van der Waals surface area (Å²) in [5.74, 6) is 0.374. The van der Waals surface area contributed by atoms with Crippen LogP contribution < -0.4 is 5.32 Å². The molecule has 1 fully saturated rings. The lowest BCUT2D eigenvalue weighted by molar-refractivity contribution is 0.455. The molecular weight excluding hydrogens is 319 g/mol. The number of nitrogens with one attached hydrogen (secondary N) is 2. The van der Waals surface area contributed by atoms with Crippen LogP contribution in [0, 0.1) is 5.82 Å². The van der Waals surface area contributed by atoms with Crippen molar-refractivity contribution in [3.63, 3.8) is 0 Å². The number of H-pyrrole nitrogens is 1. The van der Waals surface area contributed by atoms with Gasteiger partial charge in [-0.05, 0) is 60.1 Å². The fraction of sp³-hybridized carbons (Fsp3) is 0.385. The molecule has 0 aliphatic carbocycles. The highest BCUT2D eigenvalue weighted by molar-refractivity contribution is 9.10. The van der Waals surface area contributed by atoms with E-state index in [-0.39, 0.29) is 18.2 Å². The Kier molecular flexibility index (Phi) is 4.30. The first kappa shape index (κ1) is 13.8. The van der Waals surface area contributed by atoms with E-state index < -0.39 is 0 Å². The average Bonchev–Trinajstić information content (AvgIpc) is 2.74. The van der Waals surface area contributed by atoms with Crippen molar-refractivity contribution in [3.8, 4) is 0 Å². The first-order valence-corrected chi connectivity index (χ1v) is 6.72. The Bertz CT molecular complexity index is 510. The number of hydrogen-bond donors (Lipinski definition) is 2. The number of halogens is 3. The molecule has 1 aromatic carbocycles. The van der Waals surface area contributed by atoms with E-state index in [2.05, 4.69) is 32.3 Å². The molecule has 2 nitrogen and oxygen atoms in total. The van der Waals surface area contributed by atoms with Crippen molar-refractivity contribution in [2.45, 2.75) is 18.8 Å². The number of fused-ring (bicyclic) bond motifs is 1. The van der Waals surface area contributed by atoms with Crippen LogP contribution in [0.15, 0.2) is 22.7 Å². The second-order valence-corrected chi connectivity index (χ2v) is 5.46. The monoisotopic (exact) mass is 332 g/mol. The van der Waals surface area contributed by atoms with Crippen LogP contribution in [-0.2, 0) is 0 Å². The minimum absolute atomic E-state index is 0. The van der Waals surface area contributed by atoms with E-state index in [4.69, 9.17) is 0 Å². The lowest BCUT2D eigenvalue weighted by atomic mass is 9.95. The fourth-order valence-electron chi connectivity index (χ4n) is 2.50. The Balaban J connectivity index is 0.00000120. The SMILES string of the molecule is Cl.Fc1cc2cc(C3CCNCC3)[nH]c2cc1Br. The van der Waals surface area contributed by atoms with Crippen molar-refractivity contribution in [1.82, 2.24) is 10.3 Å². The summed E-state index contributed by atoms with van der Waals surface area (Å²) < 4.78 is 13.9. The van der Waals surface area contributed by atoms with Gasteiger partial charge in [-0.3, -0.25) is 0 Å². The molecule has 2 N–H and O–H groups in total. The van der Waals surface area contributed by atoms with Crippen LogP contribution in [0.1, 0.15) is 24.5 Å². The van der Waals surface area contributed by atoms with Gasteiger partial charge in [0.15, 0.2) is 0 Å². The van der Waals surface area contributed by atoms with E-state index in [1.54, 1.807) is 6.07 Å². The van der Waals surface area contributed by atoms with Crippen LogP contribution in [0.4, 0.5) is 4.39 Å². The Morgan fingerprint density at radius 2 is 1.89 bits per heavy atom. The fourth-order valence-corrected chi connectivity index (χ4v) is 2.85. The van der Waals surface area contributed by atoms with E-state index >= 15 is 0 Å². The molecule has 1 aromatic heterocycles. The zero-order chi connectivity index (χ0) is 11.8. The lowest BCUT2D eigenvalue weighted by Gasteiger charge is -2.21. The summed E-state index contributed by atoms with van der Waals surface area (Å²) in [4.78, 5) is 3.41. The third kappa shape index (κ3) is 2.56. The summed E-state index contributed by atoms with van der Waals surface area (Å²) in [6.45, 7) is 2.14. The van der Waals surface area contributed by atoms with Crippen molar-refractivity contribution < 1.29 is 4.39 Å². The number of aromatic amines is 1. The van der Waals surface area contributed by atoms with Crippen LogP contribution in [-0.4, -0.2) is 18.1 Å². The van der Waals surface area contributed by atoms with Gasteiger partial charge in [-0.15, -0.1) is 12.4 Å². The Labute approximate surface area is 120 Å². The summed E-state index contributed by atoms with van der Waals surface area (Å²) in [5.41, 5.74) is 2.24. The van der Waals surface area contributed by atoms with E-state index in [1.165, 1.54) is 5.69 Å². The molecule has 0 amide bonds. The van der Waals surface area contributed by atoms with Gasteiger partial charge in [0.2, 0.25) is 0 Å². The topological polar surface area (TPSA) is 27.8 Å². The molecule has 0 spiro atoms. The standard InChI is InChI=1S/C13H14BrFN2.ClH/c14-10-7-13-9(5-11(10)15)6-12(17-13)8-1-3-16-4-2-8;/h5-8,16-17H,1-4H2;1H. The summed E-state index contributed by atoms with van der Waals surface area (Å²) in [6.07, 6.45) is 2.30. The smallest absolute Gasteiger partial charge is 0.138 e. The molecule has 2 heterocycles. The quantitative estimate of drug-likeness (QED) is 0.812. The molecular formula is C13H15BrClFN2. The summed E-state index contributed by atoms with van der Waals surface area (Å²) in [5, 5.41) is 4.31. The highest BCUT2D eigenvalue weighted by Crippen LogP contribution is 2.30. The van der Waals surface area contributed by atoms with Gasteiger partial charge in [0.05, 0.1) is 4.47 Å². The number of piperidine rings is 1. The lowest BCUT2D eigenvalue weighted by Crippen LogP contribution is -2.26. The minimum Gasteiger partial charge on any atom is -0.358 e. The summed E-state index contributed by atoms with van der Waals surface area (Å²) >= 11 is 3.22. The van der Waals surface area contributed by atoms with Crippen molar-refractivity contribution >= 4 is 39.2 Å². The van der Waals surface area contributed by atoms with Gasteiger partial charge < -0.3 is 10.3 Å². The first-order valence-electron chi connectivity index (χ1n) is 5.92. The van der Waals surface area contributed by atoms with Crippen molar-refractivity contribution in [3.05, 3.63) is 34.2 Å². The van der Waals surface area contributed by atoms with Gasteiger partial charge in [-0.2, -0.15) is 0 Å². The van der Waals surface area contributed by atoms with Gasteiger partial charge in [-0.1, -0.05) is 0 Å². The van der Waals surface area contributed by atoms with Crippen LogP contribution in [0.2, 0.25) is 0 Å². The van der Waals surface area contributed by atoms with Gasteiger partial charge >= 0.3 is 0 Å². The zero-order valence-electron chi connectivity index (χ0n) is 9.80. The first-order chi connectivity index (χ1) is 8.24. The summed E-state index contributed by atoms with van der Waals surface area (Å²) in [6, 6.07) is 5.48. The molecule has 0 atom stereocenters. The average molecular weight is 334 g/mol. The van der Waals surface area contributed by atoms with Crippen LogP contribution >= 0.6 is 28.3 Å². The molecule has 2 aromatic rings. The normalized spacial score (nSPS) is 16.8. The van der Waals surface area contributed by atoms with Gasteiger partial charge in [-0.25, -0.2) is 4.39 Å². The zero-order valence-corrected chi connectivity index (χ0v) is 12.2. The largest absolute Gasteiger partial charge is 0.358 e. The highest BCUT2D eigenvalue weighted by Gasteiger charge is 2.17. The van der Waals surface area contributed by atoms with E-state index in [0.717, 1.165) is 36.8 Å². The van der Waals surface area contributed by atoms with Gasteiger partial charge in [0.1, 0.15) is 5.82 Å². The van der Waals surface area contributed by atoms with Gasteiger partial charge in [0, 0.05) is 22.5 Å². The van der Waals surface area contributed by atoms with Crippen LogP contribution in [0.25, 0.3) is 10.9 Å². The van der Waals surface area contributed by atoms with Crippen LogP contribution in [0.3, 0.4) is 0 Å². The van der Waals surface area contributed by atoms with E-state index in [1.807, 2.05) is 6.07 Å². The summed E-state index contributed by atoms with van der Waals surface area (Å²) in [7, 11) is 0. The Morgan fingerprint density at radius 3 is 2.61 bits per heavy atom. The van der Waals surface area contributed by atoms with Gasteiger partial charge in [0.25, 0.3) is 0 Å². The van der Waals surface area contributed by atoms with E-state index in [0.29, 0.717) is 10.4 Å². The third-order valence-electron chi connectivity index (χ3n) is 3.46. The molecule has 1 aliphatic rings. The third-order valence-corrected chi connectivity index (χ3v) is 4.07. The molecule has 0 radical (unpaired) electrons. The predicted octanol–water partition coefficient (Wildman–Crippen LogP) is 3.96. The van der Waals surface area contributed by atoms with Crippen LogP contribution in [0.5, 0.6) is 0 Å². The molecule has 5 heteroatoms. The molecule has 1 saturated heterocycles. The molecule has 18 heavy (non-hydrogen) atoms. The number of aromatic nitrogens is 1. The Hall–Kier alpha value is -0.580. The number of rotatable bonds is 1. The maximum Gasteiger partial charge on any atom is 0.138 e. The van der Waals surface area contributed by atoms with Crippen molar-refractivity contribution in [2.75, 3.05) is 13.1 Å². The van der Waals surface area contributed by atoms with Crippen molar-refractivity contribution in [1.29, 1.82) is 0 Å². The molecule has 3 rings (SSSR count).